The van der Waals surface area contributed by atoms with Gasteiger partial charge >= 0.3 is 0 Å². The molecule has 2 rings (SSSR count). The Morgan fingerprint density at radius 3 is 2.93 bits per heavy atom. The van der Waals surface area contributed by atoms with Crippen molar-refractivity contribution in [1.82, 2.24) is 9.88 Å². The number of hydrogen-bond donors (Lipinski definition) is 0. The van der Waals surface area contributed by atoms with Crippen LogP contribution >= 0.6 is 0 Å². The molecule has 1 aliphatic rings. The van der Waals surface area contributed by atoms with E-state index in [0.29, 0.717) is 6.04 Å². The van der Waals surface area contributed by atoms with E-state index in [1.54, 1.807) is 0 Å². The Labute approximate surface area is 85.4 Å². The smallest absolute Gasteiger partial charge is 0.128 e. The fourth-order valence-corrected chi connectivity index (χ4v) is 1.98. The molecule has 1 aliphatic heterocycles. The van der Waals surface area contributed by atoms with Crippen LogP contribution in [0.25, 0.3) is 0 Å². The third-order valence-electron chi connectivity index (χ3n) is 2.92. The molecular weight excluding hydrogens is 174 g/mol. The van der Waals surface area contributed by atoms with Crippen LogP contribution in [0.3, 0.4) is 0 Å². The van der Waals surface area contributed by atoms with E-state index in [4.69, 9.17) is 0 Å². The van der Waals surface area contributed by atoms with Crippen molar-refractivity contribution in [1.29, 1.82) is 0 Å². The number of pyridine rings is 1. The van der Waals surface area contributed by atoms with Crippen molar-refractivity contribution in [3.05, 3.63) is 24.4 Å². The molecule has 76 valence electrons. The van der Waals surface area contributed by atoms with Crippen LogP contribution in [-0.4, -0.2) is 43.1 Å². The third-order valence-corrected chi connectivity index (χ3v) is 2.92. The van der Waals surface area contributed by atoms with Crippen molar-refractivity contribution in [2.75, 3.05) is 32.1 Å². The van der Waals surface area contributed by atoms with Gasteiger partial charge in [-0.1, -0.05) is 6.07 Å². The highest BCUT2D eigenvalue weighted by Gasteiger charge is 2.23. The number of rotatable bonds is 2. The van der Waals surface area contributed by atoms with E-state index < -0.39 is 0 Å². The van der Waals surface area contributed by atoms with Gasteiger partial charge in [-0.2, -0.15) is 0 Å². The highest BCUT2D eigenvalue weighted by atomic mass is 15.3. The Balaban J connectivity index is 2.05. The molecule has 0 bridgehead atoms. The molecule has 0 saturated carbocycles. The Kier molecular flexibility index (Phi) is 2.68. The topological polar surface area (TPSA) is 19.4 Å². The first-order valence-electron chi connectivity index (χ1n) is 5.10. The molecule has 1 atom stereocenters. The summed E-state index contributed by atoms with van der Waals surface area (Å²) in [4.78, 5) is 9.00. The molecule has 1 aromatic heterocycles. The quantitative estimate of drug-likeness (QED) is 0.700. The molecular formula is C11H17N3. The van der Waals surface area contributed by atoms with Gasteiger partial charge in [0.2, 0.25) is 0 Å². The lowest BCUT2D eigenvalue weighted by Crippen LogP contribution is -2.34. The minimum absolute atomic E-state index is 0.620. The van der Waals surface area contributed by atoms with Crippen molar-refractivity contribution in [2.24, 2.45) is 0 Å². The van der Waals surface area contributed by atoms with Crippen LogP contribution in [0.5, 0.6) is 0 Å². The van der Waals surface area contributed by atoms with E-state index in [2.05, 4.69) is 34.9 Å². The first-order valence-corrected chi connectivity index (χ1v) is 5.10. The fraction of sp³-hybridized carbons (Fsp3) is 0.545. The summed E-state index contributed by atoms with van der Waals surface area (Å²) < 4.78 is 0. The minimum Gasteiger partial charge on any atom is -0.355 e. The second-order valence-corrected chi connectivity index (χ2v) is 4.00. The predicted molar refractivity (Wildman–Crippen MR) is 58.5 cm³/mol. The second kappa shape index (κ2) is 3.96. The first kappa shape index (κ1) is 9.46. The van der Waals surface area contributed by atoms with E-state index in [0.717, 1.165) is 12.4 Å². The SMILES string of the molecule is CN1CCC(N(C)c2ccccn2)C1. The molecule has 3 heteroatoms. The van der Waals surface area contributed by atoms with E-state index in [1.807, 2.05) is 18.3 Å². The fourth-order valence-electron chi connectivity index (χ4n) is 1.98. The number of aromatic nitrogens is 1. The van der Waals surface area contributed by atoms with Crippen LogP contribution in [0.15, 0.2) is 24.4 Å². The zero-order valence-corrected chi connectivity index (χ0v) is 8.85. The lowest BCUT2D eigenvalue weighted by Gasteiger charge is -2.25. The van der Waals surface area contributed by atoms with Gasteiger partial charge in [-0.15, -0.1) is 0 Å². The van der Waals surface area contributed by atoms with Crippen molar-refractivity contribution in [2.45, 2.75) is 12.5 Å². The summed E-state index contributed by atoms with van der Waals surface area (Å²) in [6.07, 6.45) is 3.09. The molecule has 1 saturated heterocycles. The molecule has 2 heterocycles. The van der Waals surface area contributed by atoms with Crippen molar-refractivity contribution in [3.63, 3.8) is 0 Å². The van der Waals surface area contributed by atoms with Crippen LogP contribution in [-0.2, 0) is 0 Å². The monoisotopic (exact) mass is 191 g/mol. The van der Waals surface area contributed by atoms with Crippen molar-refractivity contribution in [3.8, 4) is 0 Å². The average molecular weight is 191 g/mol. The number of hydrogen-bond acceptors (Lipinski definition) is 3. The van der Waals surface area contributed by atoms with Gasteiger partial charge in [0.25, 0.3) is 0 Å². The molecule has 1 fully saturated rings. The number of anilines is 1. The Morgan fingerprint density at radius 1 is 1.50 bits per heavy atom. The van der Waals surface area contributed by atoms with E-state index >= 15 is 0 Å². The van der Waals surface area contributed by atoms with Gasteiger partial charge < -0.3 is 9.80 Å². The molecule has 14 heavy (non-hydrogen) atoms. The maximum Gasteiger partial charge on any atom is 0.128 e. The van der Waals surface area contributed by atoms with Gasteiger partial charge in [-0.05, 0) is 32.1 Å². The Morgan fingerprint density at radius 2 is 2.36 bits per heavy atom. The molecule has 3 nitrogen and oxygen atoms in total. The maximum atomic E-state index is 4.36. The summed E-state index contributed by atoms with van der Waals surface area (Å²) in [6.45, 7) is 2.34. The molecule has 0 aromatic carbocycles. The summed E-state index contributed by atoms with van der Waals surface area (Å²) in [7, 11) is 4.30. The maximum absolute atomic E-state index is 4.36. The van der Waals surface area contributed by atoms with Crippen molar-refractivity contribution >= 4 is 5.82 Å². The van der Waals surface area contributed by atoms with E-state index in [-0.39, 0.29) is 0 Å². The summed E-state index contributed by atoms with van der Waals surface area (Å²) in [5.74, 6) is 1.08. The Bertz CT molecular complexity index is 286. The zero-order chi connectivity index (χ0) is 9.97. The lowest BCUT2D eigenvalue weighted by molar-refractivity contribution is 0.409. The second-order valence-electron chi connectivity index (χ2n) is 4.00. The van der Waals surface area contributed by atoms with Gasteiger partial charge in [0.1, 0.15) is 5.82 Å². The molecule has 0 radical (unpaired) electrons. The standard InChI is InChI=1S/C11H17N3/c1-13-8-6-10(9-13)14(2)11-5-3-4-7-12-11/h3-5,7,10H,6,8-9H2,1-2H3. The van der Waals surface area contributed by atoms with Crippen LogP contribution in [0.4, 0.5) is 5.82 Å². The van der Waals surface area contributed by atoms with Gasteiger partial charge in [0, 0.05) is 25.8 Å². The highest BCUT2D eigenvalue weighted by molar-refractivity contribution is 5.38. The van der Waals surface area contributed by atoms with Gasteiger partial charge in [-0.25, -0.2) is 4.98 Å². The van der Waals surface area contributed by atoms with Crippen LogP contribution in [0.2, 0.25) is 0 Å². The van der Waals surface area contributed by atoms with Crippen LogP contribution < -0.4 is 4.90 Å². The van der Waals surface area contributed by atoms with Gasteiger partial charge in [-0.3, -0.25) is 0 Å². The number of likely N-dealkylation sites (tertiary alicyclic amines) is 1. The van der Waals surface area contributed by atoms with E-state index in [9.17, 15) is 0 Å². The Hall–Kier alpha value is -1.09. The molecule has 0 amide bonds. The highest BCUT2D eigenvalue weighted by Crippen LogP contribution is 2.17. The normalized spacial score (nSPS) is 22.6. The first-order chi connectivity index (χ1) is 6.77. The summed E-state index contributed by atoms with van der Waals surface area (Å²) in [5.41, 5.74) is 0. The largest absolute Gasteiger partial charge is 0.355 e. The zero-order valence-electron chi connectivity index (χ0n) is 8.85. The molecule has 0 spiro atoms. The predicted octanol–water partition coefficient (Wildman–Crippen LogP) is 1.22. The molecule has 0 N–H and O–H groups in total. The van der Waals surface area contributed by atoms with Gasteiger partial charge in [0.05, 0.1) is 0 Å². The summed E-state index contributed by atoms with van der Waals surface area (Å²) in [5, 5.41) is 0. The average Bonchev–Trinajstić information content (AvgIpc) is 2.65. The van der Waals surface area contributed by atoms with E-state index in [1.165, 1.54) is 13.0 Å². The van der Waals surface area contributed by atoms with Gasteiger partial charge in [0.15, 0.2) is 0 Å². The molecule has 0 aliphatic carbocycles. The lowest BCUT2D eigenvalue weighted by atomic mass is 10.2. The van der Waals surface area contributed by atoms with Crippen molar-refractivity contribution < 1.29 is 0 Å². The van der Waals surface area contributed by atoms with Crippen LogP contribution in [0.1, 0.15) is 6.42 Å². The summed E-state index contributed by atoms with van der Waals surface area (Å²) >= 11 is 0. The number of likely N-dealkylation sites (N-methyl/N-ethyl adjacent to an activating group) is 2. The van der Waals surface area contributed by atoms with Crippen LogP contribution in [0, 0.1) is 0 Å². The summed E-state index contributed by atoms with van der Waals surface area (Å²) in [6, 6.07) is 6.68. The molecule has 1 unspecified atom stereocenters. The third kappa shape index (κ3) is 1.87. The minimum atomic E-state index is 0.620. The molecule has 1 aromatic rings. The number of nitrogens with zero attached hydrogens (tertiary/aromatic N) is 3.